The Balaban J connectivity index is 1.78. The number of methoxy groups -OCH3 is 1. The van der Waals surface area contributed by atoms with E-state index >= 15 is 0 Å². The number of para-hydroxylation sites is 1. The van der Waals surface area contributed by atoms with Crippen LogP contribution in [-0.2, 0) is 4.74 Å². The molecule has 2 N–H and O–H groups in total. The molecule has 1 saturated carbocycles. The van der Waals surface area contributed by atoms with Crippen molar-refractivity contribution in [3.8, 4) is 0 Å². The molecule has 0 atom stereocenters. The van der Waals surface area contributed by atoms with Gasteiger partial charge in [-0.15, -0.1) is 0 Å². The number of esters is 1. The van der Waals surface area contributed by atoms with Crippen LogP contribution in [0.5, 0.6) is 0 Å². The molecule has 7 heteroatoms. The predicted molar refractivity (Wildman–Crippen MR) is 103 cm³/mol. The van der Waals surface area contributed by atoms with E-state index in [0.717, 1.165) is 12.8 Å². The molecule has 0 aliphatic heterocycles. The Morgan fingerprint density at radius 2 is 1.85 bits per heavy atom. The molecule has 27 heavy (non-hydrogen) atoms. The van der Waals surface area contributed by atoms with Crippen LogP contribution in [0.15, 0.2) is 30.3 Å². The van der Waals surface area contributed by atoms with Crippen LogP contribution in [0.1, 0.15) is 58.8 Å². The molecule has 0 saturated heterocycles. The second-order valence-corrected chi connectivity index (χ2v) is 6.66. The normalized spacial score (nSPS) is 14.4. The van der Waals surface area contributed by atoms with Gasteiger partial charge in [-0.05, 0) is 31.9 Å². The van der Waals surface area contributed by atoms with Crippen LogP contribution in [0.4, 0.5) is 11.5 Å². The molecule has 0 spiro atoms. The summed E-state index contributed by atoms with van der Waals surface area (Å²) in [7, 11) is 1.30. The number of aromatic nitrogens is 2. The summed E-state index contributed by atoms with van der Waals surface area (Å²) in [6, 6.07) is 8.73. The van der Waals surface area contributed by atoms with Gasteiger partial charge in [0.25, 0.3) is 5.91 Å². The number of anilines is 2. The van der Waals surface area contributed by atoms with Crippen molar-refractivity contribution >= 4 is 23.4 Å². The van der Waals surface area contributed by atoms with Gasteiger partial charge in [-0.3, -0.25) is 4.79 Å². The van der Waals surface area contributed by atoms with Crippen molar-refractivity contribution in [3.05, 3.63) is 47.4 Å². The summed E-state index contributed by atoms with van der Waals surface area (Å²) in [6.07, 6.45) is 5.90. The molecule has 1 aliphatic carbocycles. The Hall–Kier alpha value is -2.96. The summed E-state index contributed by atoms with van der Waals surface area (Å²) in [6.45, 7) is 1.76. The summed E-state index contributed by atoms with van der Waals surface area (Å²) in [5.41, 5.74) is 0.924. The summed E-state index contributed by atoms with van der Waals surface area (Å²) in [5.74, 6) is 0.260. The first-order valence-corrected chi connectivity index (χ1v) is 9.17. The van der Waals surface area contributed by atoms with E-state index in [-0.39, 0.29) is 5.69 Å². The SMILES string of the molecule is COC(=O)c1ccccc1NC(=O)c1cc(NC2CCCCC2)nc(C)n1. The molecule has 0 bridgehead atoms. The maximum Gasteiger partial charge on any atom is 0.339 e. The van der Waals surface area contributed by atoms with Gasteiger partial charge in [-0.25, -0.2) is 14.8 Å². The Morgan fingerprint density at radius 3 is 2.59 bits per heavy atom. The first-order chi connectivity index (χ1) is 13.1. The van der Waals surface area contributed by atoms with E-state index in [1.54, 1.807) is 37.3 Å². The first kappa shape index (κ1) is 18.8. The van der Waals surface area contributed by atoms with Crippen LogP contribution in [0.3, 0.4) is 0 Å². The summed E-state index contributed by atoms with van der Waals surface area (Å²) in [4.78, 5) is 33.2. The summed E-state index contributed by atoms with van der Waals surface area (Å²) < 4.78 is 4.76. The number of rotatable bonds is 5. The lowest BCUT2D eigenvalue weighted by molar-refractivity contribution is 0.0602. The van der Waals surface area contributed by atoms with E-state index in [9.17, 15) is 9.59 Å². The Kier molecular flexibility index (Phi) is 6.01. The van der Waals surface area contributed by atoms with Crippen molar-refractivity contribution < 1.29 is 14.3 Å². The van der Waals surface area contributed by atoms with Crippen molar-refractivity contribution in [3.63, 3.8) is 0 Å². The minimum absolute atomic E-state index is 0.250. The molecule has 1 amide bonds. The third kappa shape index (κ3) is 4.81. The van der Waals surface area contributed by atoms with Gasteiger partial charge in [-0.2, -0.15) is 0 Å². The molecule has 1 aromatic carbocycles. The van der Waals surface area contributed by atoms with E-state index < -0.39 is 11.9 Å². The zero-order chi connectivity index (χ0) is 19.2. The highest BCUT2D eigenvalue weighted by Gasteiger charge is 2.18. The lowest BCUT2D eigenvalue weighted by Crippen LogP contribution is -2.24. The van der Waals surface area contributed by atoms with E-state index in [4.69, 9.17) is 4.74 Å². The fraction of sp³-hybridized carbons (Fsp3) is 0.400. The standard InChI is InChI=1S/C20H24N4O3/c1-13-21-17(12-18(22-13)23-14-8-4-3-5-9-14)19(25)24-16-11-7-6-10-15(16)20(26)27-2/h6-7,10-12,14H,3-5,8-9H2,1-2H3,(H,24,25)(H,21,22,23). The highest BCUT2D eigenvalue weighted by Crippen LogP contribution is 2.22. The van der Waals surface area contributed by atoms with Crippen molar-refractivity contribution in [1.82, 2.24) is 9.97 Å². The third-order valence-electron chi connectivity index (χ3n) is 4.61. The maximum atomic E-state index is 12.7. The number of amides is 1. The number of ether oxygens (including phenoxy) is 1. The molecule has 1 aromatic heterocycles. The molecule has 3 rings (SSSR count). The summed E-state index contributed by atoms with van der Waals surface area (Å²) >= 11 is 0. The highest BCUT2D eigenvalue weighted by molar-refractivity contribution is 6.07. The number of benzene rings is 1. The number of hydrogen-bond acceptors (Lipinski definition) is 6. The molecular formula is C20H24N4O3. The van der Waals surface area contributed by atoms with Crippen LogP contribution < -0.4 is 10.6 Å². The maximum absolute atomic E-state index is 12.7. The Morgan fingerprint density at radius 1 is 1.11 bits per heavy atom. The van der Waals surface area contributed by atoms with Gasteiger partial charge >= 0.3 is 5.97 Å². The highest BCUT2D eigenvalue weighted by atomic mass is 16.5. The zero-order valence-electron chi connectivity index (χ0n) is 15.6. The molecule has 142 valence electrons. The monoisotopic (exact) mass is 368 g/mol. The van der Waals surface area contributed by atoms with E-state index in [1.165, 1.54) is 26.4 Å². The van der Waals surface area contributed by atoms with Crippen LogP contribution >= 0.6 is 0 Å². The van der Waals surface area contributed by atoms with Crippen LogP contribution in [0, 0.1) is 6.92 Å². The molecule has 2 aromatic rings. The predicted octanol–water partition coefficient (Wildman–Crippen LogP) is 3.57. The van der Waals surface area contributed by atoms with Gasteiger partial charge in [0.1, 0.15) is 17.3 Å². The molecule has 0 radical (unpaired) electrons. The van der Waals surface area contributed by atoms with Gasteiger partial charge in [0.15, 0.2) is 0 Å². The number of aryl methyl sites for hydroxylation is 1. The van der Waals surface area contributed by atoms with Gasteiger partial charge in [0.2, 0.25) is 0 Å². The van der Waals surface area contributed by atoms with Crippen molar-refractivity contribution in [2.24, 2.45) is 0 Å². The van der Waals surface area contributed by atoms with Crippen molar-refractivity contribution in [2.75, 3.05) is 17.7 Å². The topological polar surface area (TPSA) is 93.2 Å². The van der Waals surface area contributed by atoms with Crippen LogP contribution in [0.2, 0.25) is 0 Å². The first-order valence-electron chi connectivity index (χ1n) is 9.17. The number of carbonyl (C=O) groups excluding carboxylic acids is 2. The van der Waals surface area contributed by atoms with Gasteiger partial charge in [0.05, 0.1) is 18.4 Å². The average molecular weight is 368 g/mol. The van der Waals surface area contributed by atoms with Crippen molar-refractivity contribution in [2.45, 2.75) is 45.1 Å². The number of nitrogens with zero attached hydrogens (tertiary/aromatic N) is 2. The quantitative estimate of drug-likeness (QED) is 0.784. The second-order valence-electron chi connectivity index (χ2n) is 6.66. The van der Waals surface area contributed by atoms with Crippen molar-refractivity contribution in [1.29, 1.82) is 0 Å². The molecule has 7 nitrogen and oxygen atoms in total. The molecule has 1 heterocycles. The number of hydrogen-bond donors (Lipinski definition) is 2. The Labute approximate surface area is 158 Å². The zero-order valence-corrected chi connectivity index (χ0v) is 15.6. The van der Waals surface area contributed by atoms with Gasteiger partial charge in [-0.1, -0.05) is 31.4 Å². The van der Waals surface area contributed by atoms with E-state index in [1.807, 2.05) is 0 Å². The molecule has 0 unspecified atom stereocenters. The van der Waals surface area contributed by atoms with E-state index in [0.29, 0.717) is 28.9 Å². The third-order valence-corrected chi connectivity index (χ3v) is 4.61. The second kappa shape index (κ2) is 8.62. The fourth-order valence-corrected chi connectivity index (χ4v) is 3.28. The fourth-order valence-electron chi connectivity index (χ4n) is 3.28. The molecule has 1 fully saturated rings. The molecule has 1 aliphatic rings. The lowest BCUT2D eigenvalue weighted by atomic mass is 9.95. The number of nitrogens with one attached hydrogen (secondary N) is 2. The lowest BCUT2D eigenvalue weighted by Gasteiger charge is -2.23. The average Bonchev–Trinajstić information content (AvgIpc) is 2.68. The Bertz CT molecular complexity index is 832. The summed E-state index contributed by atoms with van der Waals surface area (Å²) in [5, 5.41) is 6.16. The van der Waals surface area contributed by atoms with Gasteiger partial charge < -0.3 is 15.4 Å². The van der Waals surface area contributed by atoms with E-state index in [2.05, 4.69) is 20.6 Å². The largest absolute Gasteiger partial charge is 0.465 e. The number of carbonyl (C=O) groups is 2. The van der Waals surface area contributed by atoms with Crippen LogP contribution in [-0.4, -0.2) is 35.0 Å². The smallest absolute Gasteiger partial charge is 0.339 e. The van der Waals surface area contributed by atoms with Crippen LogP contribution in [0.25, 0.3) is 0 Å². The minimum Gasteiger partial charge on any atom is -0.465 e. The van der Waals surface area contributed by atoms with Gasteiger partial charge in [0, 0.05) is 12.1 Å². The minimum atomic E-state index is -0.510. The molecular weight excluding hydrogens is 344 g/mol.